The van der Waals surface area contributed by atoms with Gasteiger partial charge in [0.15, 0.2) is 0 Å². The van der Waals surface area contributed by atoms with E-state index < -0.39 is 0 Å². The van der Waals surface area contributed by atoms with Crippen LogP contribution in [0.25, 0.3) is 0 Å². The van der Waals surface area contributed by atoms with Crippen molar-refractivity contribution in [1.29, 1.82) is 0 Å². The van der Waals surface area contributed by atoms with E-state index in [1.807, 2.05) is 35.7 Å². The Morgan fingerprint density at radius 3 is 2.52 bits per heavy atom. The molecule has 1 aliphatic heterocycles. The smallest absolute Gasteiger partial charge is 0.317 e. The Hall–Kier alpha value is -2.50. The normalized spacial score (nSPS) is 15.2. The van der Waals surface area contributed by atoms with Crippen molar-refractivity contribution in [2.45, 2.75) is 39.3 Å². The Balaban J connectivity index is 1.44. The number of urea groups is 1. The third-order valence-electron chi connectivity index (χ3n) is 4.82. The highest BCUT2D eigenvalue weighted by Gasteiger charge is 2.24. The van der Waals surface area contributed by atoms with Gasteiger partial charge in [-0.25, -0.2) is 4.79 Å². The Morgan fingerprint density at radius 2 is 1.92 bits per heavy atom. The SMILES string of the molecule is Cc1ccc(OC2CCN(C(=O)NCc3cnn(C)c3C)CC2)cc1. The minimum absolute atomic E-state index is 0.0166. The number of likely N-dealkylation sites (tertiary alicyclic amines) is 1. The van der Waals surface area contributed by atoms with Gasteiger partial charge in [0.2, 0.25) is 0 Å². The second-order valence-electron chi connectivity index (χ2n) is 6.65. The van der Waals surface area contributed by atoms with Crippen molar-refractivity contribution >= 4 is 6.03 Å². The van der Waals surface area contributed by atoms with Gasteiger partial charge < -0.3 is 15.0 Å². The minimum atomic E-state index is -0.0166. The van der Waals surface area contributed by atoms with Crippen molar-refractivity contribution in [2.24, 2.45) is 7.05 Å². The largest absolute Gasteiger partial charge is 0.490 e. The molecule has 6 nitrogen and oxygen atoms in total. The topological polar surface area (TPSA) is 59.4 Å². The molecule has 25 heavy (non-hydrogen) atoms. The first-order valence-corrected chi connectivity index (χ1v) is 8.76. The molecule has 3 rings (SSSR count). The summed E-state index contributed by atoms with van der Waals surface area (Å²) in [5.74, 6) is 0.903. The molecule has 2 amide bonds. The summed E-state index contributed by atoms with van der Waals surface area (Å²) < 4.78 is 7.83. The van der Waals surface area contributed by atoms with Gasteiger partial charge in [0.05, 0.1) is 6.20 Å². The van der Waals surface area contributed by atoms with Crippen LogP contribution in [-0.2, 0) is 13.6 Å². The van der Waals surface area contributed by atoms with Gasteiger partial charge in [0.25, 0.3) is 0 Å². The van der Waals surface area contributed by atoms with Crippen LogP contribution in [0.5, 0.6) is 5.75 Å². The zero-order valence-electron chi connectivity index (χ0n) is 15.2. The van der Waals surface area contributed by atoms with Gasteiger partial charge in [0.1, 0.15) is 11.9 Å². The monoisotopic (exact) mass is 342 g/mol. The van der Waals surface area contributed by atoms with Crippen molar-refractivity contribution in [1.82, 2.24) is 20.0 Å². The van der Waals surface area contributed by atoms with Crippen LogP contribution in [-0.4, -0.2) is 39.9 Å². The number of aryl methyl sites for hydroxylation is 2. The molecule has 0 saturated carbocycles. The predicted molar refractivity (Wildman–Crippen MR) is 96.6 cm³/mol. The van der Waals surface area contributed by atoms with E-state index in [9.17, 15) is 4.79 Å². The van der Waals surface area contributed by atoms with Gasteiger partial charge in [-0.05, 0) is 26.0 Å². The molecule has 1 aromatic heterocycles. The van der Waals surface area contributed by atoms with E-state index >= 15 is 0 Å². The molecule has 134 valence electrons. The molecule has 0 radical (unpaired) electrons. The molecule has 2 aromatic rings. The maximum absolute atomic E-state index is 12.3. The molecule has 0 bridgehead atoms. The number of hydrogen-bond acceptors (Lipinski definition) is 3. The lowest BCUT2D eigenvalue weighted by molar-refractivity contribution is 0.111. The third-order valence-corrected chi connectivity index (χ3v) is 4.82. The number of rotatable bonds is 4. The molecule has 1 aromatic carbocycles. The minimum Gasteiger partial charge on any atom is -0.490 e. The number of ether oxygens (including phenoxy) is 1. The molecule has 0 spiro atoms. The van der Waals surface area contributed by atoms with E-state index in [0.717, 1.165) is 29.8 Å². The molecule has 2 heterocycles. The number of carbonyl (C=O) groups is 1. The Kier molecular flexibility index (Phi) is 5.26. The van der Waals surface area contributed by atoms with Gasteiger partial charge in [-0.1, -0.05) is 17.7 Å². The standard InChI is InChI=1S/C19H26N4O2/c1-14-4-6-17(7-5-14)25-18-8-10-23(11-9-18)19(24)20-12-16-13-21-22(3)15(16)2/h4-7,13,18H,8-12H2,1-3H3,(H,20,24). The first kappa shape index (κ1) is 17.3. The fraction of sp³-hybridized carbons (Fsp3) is 0.474. The summed E-state index contributed by atoms with van der Waals surface area (Å²) in [6.45, 7) is 6.01. The first-order valence-electron chi connectivity index (χ1n) is 8.76. The lowest BCUT2D eigenvalue weighted by Gasteiger charge is -2.32. The maximum Gasteiger partial charge on any atom is 0.317 e. The van der Waals surface area contributed by atoms with Crippen molar-refractivity contribution in [3.8, 4) is 5.75 Å². The van der Waals surface area contributed by atoms with Crippen LogP contribution >= 0.6 is 0 Å². The van der Waals surface area contributed by atoms with Crippen LogP contribution in [0.2, 0.25) is 0 Å². The van der Waals surface area contributed by atoms with Crippen LogP contribution in [0.15, 0.2) is 30.5 Å². The van der Waals surface area contributed by atoms with E-state index in [0.29, 0.717) is 19.6 Å². The number of nitrogens with zero attached hydrogens (tertiary/aromatic N) is 3. The Bertz CT molecular complexity index is 716. The van der Waals surface area contributed by atoms with E-state index in [1.54, 1.807) is 6.20 Å². The van der Waals surface area contributed by atoms with Gasteiger partial charge in [-0.3, -0.25) is 4.68 Å². The molecule has 1 saturated heterocycles. The van der Waals surface area contributed by atoms with Gasteiger partial charge in [-0.15, -0.1) is 0 Å². The molecule has 1 fully saturated rings. The molecular weight excluding hydrogens is 316 g/mol. The second-order valence-corrected chi connectivity index (χ2v) is 6.65. The summed E-state index contributed by atoms with van der Waals surface area (Å²) in [4.78, 5) is 14.2. The van der Waals surface area contributed by atoms with Gasteiger partial charge >= 0.3 is 6.03 Å². The second kappa shape index (κ2) is 7.59. The quantitative estimate of drug-likeness (QED) is 0.929. The summed E-state index contributed by atoms with van der Waals surface area (Å²) in [6.07, 6.45) is 3.69. The fourth-order valence-corrected chi connectivity index (χ4v) is 2.99. The van der Waals surface area contributed by atoms with Crippen LogP contribution in [0.3, 0.4) is 0 Å². The summed E-state index contributed by atoms with van der Waals surface area (Å²) in [7, 11) is 1.90. The zero-order chi connectivity index (χ0) is 17.8. The van der Waals surface area contributed by atoms with Crippen molar-refractivity contribution in [2.75, 3.05) is 13.1 Å². The number of amides is 2. The van der Waals surface area contributed by atoms with E-state index in [2.05, 4.69) is 29.5 Å². The number of carbonyl (C=O) groups excluding carboxylic acids is 1. The molecule has 0 atom stereocenters. The molecular formula is C19H26N4O2. The van der Waals surface area contributed by atoms with Crippen molar-refractivity contribution < 1.29 is 9.53 Å². The number of aromatic nitrogens is 2. The molecule has 0 unspecified atom stereocenters. The molecule has 1 aliphatic rings. The Morgan fingerprint density at radius 1 is 1.24 bits per heavy atom. The van der Waals surface area contributed by atoms with Crippen molar-refractivity contribution in [3.63, 3.8) is 0 Å². The highest BCUT2D eigenvalue weighted by atomic mass is 16.5. The van der Waals surface area contributed by atoms with E-state index in [-0.39, 0.29) is 12.1 Å². The summed E-state index contributed by atoms with van der Waals surface area (Å²) in [6, 6.07) is 8.10. The van der Waals surface area contributed by atoms with Crippen LogP contribution in [0.4, 0.5) is 4.79 Å². The number of hydrogen-bond donors (Lipinski definition) is 1. The summed E-state index contributed by atoms with van der Waals surface area (Å²) in [5.41, 5.74) is 3.35. The zero-order valence-corrected chi connectivity index (χ0v) is 15.2. The highest BCUT2D eigenvalue weighted by Crippen LogP contribution is 2.19. The maximum atomic E-state index is 12.3. The predicted octanol–water partition coefficient (Wildman–Crippen LogP) is 2.79. The Labute approximate surface area is 148 Å². The van der Waals surface area contributed by atoms with Gasteiger partial charge in [0, 0.05) is 50.8 Å². The summed E-state index contributed by atoms with van der Waals surface area (Å²) in [5, 5.41) is 7.18. The van der Waals surface area contributed by atoms with Crippen molar-refractivity contribution in [3.05, 3.63) is 47.3 Å². The van der Waals surface area contributed by atoms with Crippen LogP contribution in [0, 0.1) is 13.8 Å². The summed E-state index contributed by atoms with van der Waals surface area (Å²) >= 11 is 0. The molecule has 6 heteroatoms. The number of nitrogens with one attached hydrogen (secondary N) is 1. The number of benzene rings is 1. The lowest BCUT2D eigenvalue weighted by atomic mass is 10.1. The average molecular weight is 342 g/mol. The lowest BCUT2D eigenvalue weighted by Crippen LogP contribution is -2.46. The number of piperidine rings is 1. The third kappa shape index (κ3) is 4.32. The molecule has 1 N–H and O–H groups in total. The fourth-order valence-electron chi connectivity index (χ4n) is 2.99. The highest BCUT2D eigenvalue weighted by molar-refractivity contribution is 5.74. The first-order chi connectivity index (χ1) is 12.0. The van der Waals surface area contributed by atoms with E-state index in [1.165, 1.54) is 5.56 Å². The van der Waals surface area contributed by atoms with Gasteiger partial charge in [-0.2, -0.15) is 5.10 Å². The van der Waals surface area contributed by atoms with Crippen LogP contribution in [0.1, 0.15) is 29.7 Å². The average Bonchev–Trinajstić information content (AvgIpc) is 2.94. The molecule has 0 aliphatic carbocycles. The van der Waals surface area contributed by atoms with E-state index in [4.69, 9.17) is 4.74 Å². The van der Waals surface area contributed by atoms with Crippen LogP contribution < -0.4 is 10.1 Å².